The number of benzene rings is 2. The zero-order chi connectivity index (χ0) is 15.1. The van der Waals surface area contributed by atoms with Crippen LogP contribution in [-0.4, -0.2) is 9.97 Å². The summed E-state index contributed by atoms with van der Waals surface area (Å²) in [5, 5.41) is 0.403. The Morgan fingerprint density at radius 2 is 1.86 bits per heavy atom. The average Bonchev–Trinajstić information content (AvgIpc) is 2.97. The van der Waals surface area contributed by atoms with Gasteiger partial charge < -0.3 is 9.40 Å². The van der Waals surface area contributed by atoms with Crippen LogP contribution in [0.5, 0.6) is 0 Å². The molecule has 22 heavy (non-hydrogen) atoms. The Morgan fingerprint density at radius 1 is 1.09 bits per heavy atom. The summed E-state index contributed by atoms with van der Waals surface area (Å²) in [7, 11) is 0. The molecule has 1 unspecified atom stereocenters. The number of rotatable bonds is 2. The Bertz CT molecular complexity index is 1000. The minimum absolute atomic E-state index is 0.390. The number of fused-ring (bicyclic) bond motifs is 2. The predicted octanol–water partition coefficient (Wildman–Crippen LogP) is 3.69. The fourth-order valence-electron chi connectivity index (χ4n) is 2.52. The molecule has 0 aliphatic carbocycles. The van der Waals surface area contributed by atoms with Gasteiger partial charge in [-0.15, -0.1) is 0 Å². The number of aromatic amines is 1. The third-order valence-corrected chi connectivity index (χ3v) is 4.15. The monoisotopic (exact) mass is 308 g/mol. The summed E-state index contributed by atoms with van der Waals surface area (Å²) in [6.07, 6.45) is 0. The summed E-state index contributed by atoms with van der Waals surface area (Å²) >= 11 is 4.56. The minimum Gasteiger partial charge on any atom is -0.422 e. The van der Waals surface area contributed by atoms with E-state index in [-0.39, 0.29) is 5.63 Å². The first kappa shape index (κ1) is 13.2. The first-order chi connectivity index (χ1) is 10.7. The van der Waals surface area contributed by atoms with Gasteiger partial charge in [0.25, 0.3) is 0 Å². The van der Waals surface area contributed by atoms with Crippen LogP contribution in [0.3, 0.4) is 0 Å². The van der Waals surface area contributed by atoms with Crippen molar-refractivity contribution in [3.63, 3.8) is 0 Å². The third kappa shape index (κ3) is 2.10. The molecule has 108 valence electrons. The van der Waals surface area contributed by atoms with Crippen molar-refractivity contribution in [1.29, 1.82) is 0 Å². The lowest BCUT2D eigenvalue weighted by molar-refractivity contribution is 0.551. The number of hydrogen-bond donors (Lipinski definition) is 2. The number of nitrogens with one attached hydrogen (secondary N) is 1. The molecule has 1 atom stereocenters. The highest BCUT2D eigenvalue weighted by molar-refractivity contribution is 7.80. The fraction of sp³-hybridized carbons (Fsp3) is 0.0588. The number of aromatic nitrogens is 2. The van der Waals surface area contributed by atoms with Gasteiger partial charge in [0.05, 0.1) is 21.8 Å². The van der Waals surface area contributed by atoms with Gasteiger partial charge in [-0.25, -0.2) is 9.78 Å². The van der Waals surface area contributed by atoms with Crippen molar-refractivity contribution in [3.8, 4) is 0 Å². The molecule has 0 aliphatic heterocycles. The van der Waals surface area contributed by atoms with Crippen LogP contribution < -0.4 is 5.63 Å². The number of hydrogen-bond acceptors (Lipinski definition) is 4. The van der Waals surface area contributed by atoms with Gasteiger partial charge in [0.1, 0.15) is 11.4 Å². The molecule has 0 saturated carbocycles. The van der Waals surface area contributed by atoms with Crippen molar-refractivity contribution in [2.45, 2.75) is 5.25 Å². The van der Waals surface area contributed by atoms with E-state index in [0.717, 1.165) is 16.4 Å². The number of para-hydroxylation sites is 3. The molecule has 2 heterocycles. The smallest absolute Gasteiger partial charge is 0.341 e. The van der Waals surface area contributed by atoms with Crippen LogP contribution in [0.4, 0.5) is 0 Å². The van der Waals surface area contributed by atoms with Crippen molar-refractivity contribution >= 4 is 34.6 Å². The molecular formula is C17H12N2O2S. The van der Waals surface area contributed by atoms with Crippen LogP contribution in [0.1, 0.15) is 16.6 Å². The zero-order valence-electron chi connectivity index (χ0n) is 11.5. The first-order valence-electron chi connectivity index (χ1n) is 6.88. The Kier molecular flexibility index (Phi) is 3.01. The SMILES string of the molecule is O=c1oc2ccccc2cc1C(S)c1nc2ccccc2[nH]1. The topological polar surface area (TPSA) is 58.9 Å². The minimum atomic E-state index is -0.465. The Balaban J connectivity index is 1.86. The highest BCUT2D eigenvalue weighted by Gasteiger charge is 2.19. The number of nitrogens with zero attached hydrogens (tertiary/aromatic N) is 1. The van der Waals surface area contributed by atoms with E-state index >= 15 is 0 Å². The van der Waals surface area contributed by atoms with Crippen LogP contribution >= 0.6 is 12.6 Å². The molecule has 0 amide bonds. The summed E-state index contributed by atoms with van der Waals surface area (Å²) in [5.41, 5.74) is 2.42. The molecule has 0 fully saturated rings. The van der Waals surface area contributed by atoms with E-state index in [2.05, 4.69) is 22.6 Å². The summed E-state index contributed by atoms with van der Waals surface area (Å²) in [6.45, 7) is 0. The summed E-state index contributed by atoms with van der Waals surface area (Å²) in [4.78, 5) is 19.9. The Morgan fingerprint density at radius 3 is 2.73 bits per heavy atom. The molecule has 0 aliphatic rings. The van der Waals surface area contributed by atoms with Gasteiger partial charge in [-0.05, 0) is 24.3 Å². The molecule has 0 radical (unpaired) electrons. The van der Waals surface area contributed by atoms with Crippen molar-refractivity contribution in [2.24, 2.45) is 0 Å². The number of imidazole rings is 1. The van der Waals surface area contributed by atoms with E-state index in [0.29, 0.717) is 17.0 Å². The van der Waals surface area contributed by atoms with Gasteiger partial charge >= 0.3 is 5.63 Å². The van der Waals surface area contributed by atoms with Crippen LogP contribution in [0.25, 0.3) is 22.0 Å². The summed E-state index contributed by atoms with van der Waals surface area (Å²) in [5.74, 6) is 0.632. The van der Waals surface area contributed by atoms with Gasteiger partial charge in [0, 0.05) is 5.39 Å². The van der Waals surface area contributed by atoms with E-state index < -0.39 is 5.25 Å². The standard InChI is InChI=1S/C17H12N2O2S/c20-17-11(9-10-5-1-4-8-14(10)21-17)15(22)16-18-12-6-2-3-7-13(12)19-16/h1-9,15,22H,(H,18,19). The molecule has 1 N–H and O–H groups in total. The maximum absolute atomic E-state index is 12.2. The van der Waals surface area contributed by atoms with E-state index in [9.17, 15) is 4.79 Å². The molecule has 5 heteroatoms. The predicted molar refractivity (Wildman–Crippen MR) is 89.4 cm³/mol. The lowest BCUT2D eigenvalue weighted by atomic mass is 10.1. The summed E-state index contributed by atoms with van der Waals surface area (Å²) in [6, 6.07) is 16.9. The maximum Gasteiger partial charge on any atom is 0.341 e. The quantitative estimate of drug-likeness (QED) is 0.438. The highest BCUT2D eigenvalue weighted by atomic mass is 32.1. The molecule has 4 aromatic rings. The average molecular weight is 308 g/mol. The summed E-state index contributed by atoms with van der Waals surface area (Å²) < 4.78 is 5.36. The maximum atomic E-state index is 12.2. The van der Waals surface area contributed by atoms with Crippen LogP contribution in [0, 0.1) is 0 Å². The zero-order valence-corrected chi connectivity index (χ0v) is 12.4. The lowest BCUT2D eigenvalue weighted by Crippen LogP contribution is -2.11. The van der Waals surface area contributed by atoms with E-state index in [1.165, 1.54) is 0 Å². The van der Waals surface area contributed by atoms with Gasteiger partial charge in [-0.2, -0.15) is 12.6 Å². The van der Waals surface area contributed by atoms with Crippen molar-refractivity contribution in [1.82, 2.24) is 9.97 Å². The van der Waals surface area contributed by atoms with Crippen LogP contribution in [0.15, 0.2) is 63.8 Å². The van der Waals surface area contributed by atoms with E-state index in [4.69, 9.17) is 4.42 Å². The third-order valence-electron chi connectivity index (χ3n) is 3.63. The largest absolute Gasteiger partial charge is 0.422 e. The van der Waals surface area contributed by atoms with Crippen molar-refractivity contribution in [2.75, 3.05) is 0 Å². The molecule has 0 saturated heterocycles. The van der Waals surface area contributed by atoms with Gasteiger partial charge in [0.15, 0.2) is 0 Å². The van der Waals surface area contributed by atoms with Gasteiger partial charge in [-0.3, -0.25) is 0 Å². The van der Waals surface area contributed by atoms with Gasteiger partial charge in [-0.1, -0.05) is 30.3 Å². The van der Waals surface area contributed by atoms with E-state index in [1.807, 2.05) is 48.5 Å². The Hall–Kier alpha value is -2.53. The van der Waals surface area contributed by atoms with Gasteiger partial charge in [0.2, 0.25) is 0 Å². The second kappa shape index (κ2) is 5.03. The molecule has 0 spiro atoms. The highest BCUT2D eigenvalue weighted by Crippen LogP contribution is 2.27. The second-order valence-electron chi connectivity index (χ2n) is 5.07. The molecule has 0 bridgehead atoms. The van der Waals surface area contributed by atoms with Crippen molar-refractivity contribution < 1.29 is 4.42 Å². The van der Waals surface area contributed by atoms with Crippen LogP contribution in [0.2, 0.25) is 0 Å². The first-order valence-corrected chi connectivity index (χ1v) is 7.39. The molecule has 2 aromatic heterocycles. The van der Waals surface area contributed by atoms with Crippen molar-refractivity contribution in [3.05, 3.63) is 76.4 Å². The normalized spacial score (nSPS) is 12.8. The molecular weight excluding hydrogens is 296 g/mol. The fourth-order valence-corrected chi connectivity index (χ4v) is 2.82. The lowest BCUT2D eigenvalue weighted by Gasteiger charge is -2.07. The van der Waals surface area contributed by atoms with E-state index in [1.54, 1.807) is 6.07 Å². The molecule has 4 rings (SSSR count). The molecule has 4 nitrogen and oxygen atoms in total. The second-order valence-corrected chi connectivity index (χ2v) is 5.59. The molecule has 2 aromatic carbocycles. The Labute approximate surface area is 131 Å². The number of thiol groups is 1. The van der Waals surface area contributed by atoms with Crippen LogP contribution in [-0.2, 0) is 0 Å². The number of H-pyrrole nitrogens is 1.